The van der Waals surface area contributed by atoms with E-state index in [1.165, 1.54) is 6.20 Å². The van der Waals surface area contributed by atoms with Crippen LogP contribution in [0, 0.1) is 6.92 Å². The molecule has 0 aliphatic rings. The summed E-state index contributed by atoms with van der Waals surface area (Å²) in [6.45, 7) is 2.60. The van der Waals surface area contributed by atoms with Crippen molar-refractivity contribution in [3.05, 3.63) is 53.5 Å². The summed E-state index contributed by atoms with van der Waals surface area (Å²) < 4.78 is 0. The molecule has 0 unspecified atom stereocenters. The summed E-state index contributed by atoms with van der Waals surface area (Å²) in [5, 5.41) is 19.2. The Labute approximate surface area is 157 Å². The molecule has 0 atom stereocenters. The van der Waals surface area contributed by atoms with Gasteiger partial charge in [0.1, 0.15) is 5.82 Å². The Morgan fingerprint density at radius 1 is 1.26 bits per heavy atom. The largest absolute Gasteiger partial charge is 0.493 e. The number of pyridine rings is 1. The monoisotopic (exact) mass is 366 g/mol. The second-order valence-corrected chi connectivity index (χ2v) is 6.65. The van der Waals surface area contributed by atoms with Gasteiger partial charge in [0, 0.05) is 36.4 Å². The number of carboxylic acid groups (broad SMARTS) is 1. The zero-order chi connectivity index (χ0) is 19.6. The van der Waals surface area contributed by atoms with Crippen molar-refractivity contribution in [1.29, 1.82) is 0 Å². The predicted molar refractivity (Wildman–Crippen MR) is 103 cm³/mol. The van der Waals surface area contributed by atoms with Crippen LogP contribution in [0.15, 0.2) is 36.5 Å². The van der Waals surface area contributed by atoms with Crippen molar-refractivity contribution in [2.24, 2.45) is 0 Å². The van der Waals surface area contributed by atoms with Crippen LogP contribution in [0.25, 0.3) is 22.5 Å². The van der Waals surface area contributed by atoms with Gasteiger partial charge in [-0.05, 0) is 38.7 Å². The van der Waals surface area contributed by atoms with E-state index in [4.69, 9.17) is 4.98 Å². The van der Waals surface area contributed by atoms with Crippen molar-refractivity contribution < 1.29 is 15.0 Å². The molecule has 7 nitrogen and oxygen atoms in total. The molecular weight excluding hydrogens is 344 g/mol. The van der Waals surface area contributed by atoms with Crippen LogP contribution in [-0.4, -0.2) is 56.7 Å². The maximum absolute atomic E-state index is 11.5. The van der Waals surface area contributed by atoms with Crippen molar-refractivity contribution in [1.82, 2.24) is 19.9 Å². The third kappa shape index (κ3) is 3.98. The standard InChI is InChI=1S/C20H22N4O3/c1-12-14(5-4-6-15(12)20(26)27)19-18(13-7-9-21-17(25)11-13)22-16(23-19)8-10-24(2)3/h4-7,9,11H,8,10H2,1-3H3,(H,21,25)(H,22,23)(H,26,27). The highest BCUT2D eigenvalue weighted by molar-refractivity contribution is 5.93. The number of imidazole rings is 1. The first-order valence-electron chi connectivity index (χ1n) is 8.59. The maximum atomic E-state index is 11.5. The molecule has 140 valence electrons. The zero-order valence-corrected chi connectivity index (χ0v) is 15.5. The number of carboxylic acids is 1. The summed E-state index contributed by atoms with van der Waals surface area (Å²) in [4.78, 5) is 25.5. The fourth-order valence-corrected chi connectivity index (χ4v) is 2.97. The first kappa shape index (κ1) is 18.6. The molecule has 3 rings (SSSR count). The van der Waals surface area contributed by atoms with E-state index in [1.54, 1.807) is 31.2 Å². The van der Waals surface area contributed by atoms with Crippen LogP contribution < -0.4 is 0 Å². The lowest BCUT2D eigenvalue weighted by molar-refractivity contribution is 0.0696. The third-order valence-corrected chi connectivity index (χ3v) is 4.40. The average molecular weight is 366 g/mol. The Morgan fingerprint density at radius 3 is 2.70 bits per heavy atom. The number of nitrogens with zero attached hydrogens (tertiary/aromatic N) is 3. The van der Waals surface area contributed by atoms with Gasteiger partial charge >= 0.3 is 5.97 Å². The zero-order valence-electron chi connectivity index (χ0n) is 15.5. The summed E-state index contributed by atoms with van der Waals surface area (Å²) in [6, 6.07) is 8.50. The number of aromatic amines is 1. The van der Waals surface area contributed by atoms with Crippen molar-refractivity contribution in [2.75, 3.05) is 20.6 Å². The number of hydrogen-bond donors (Lipinski definition) is 3. The van der Waals surface area contributed by atoms with E-state index in [2.05, 4.69) is 14.9 Å². The fourth-order valence-electron chi connectivity index (χ4n) is 2.97. The molecule has 0 aliphatic carbocycles. The smallest absolute Gasteiger partial charge is 0.335 e. The van der Waals surface area contributed by atoms with Gasteiger partial charge in [-0.2, -0.15) is 0 Å². The number of aromatic carboxylic acids is 1. The van der Waals surface area contributed by atoms with E-state index in [0.717, 1.165) is 29.2 Å². The van der Waals surface area contributed by atoms with Gasteiger partial charge in [-0.25, -0.2) is 14.8 Å². The summed E-state index contributed by atoms with van der Waals surface area (Å²) >= 11 is 0. The van der Waals surface area contributed by atoms with E-state index < -0.39 is 5.97 Å². The molecule has 2 aromatic heterocycles. The molecule has 2 heterocycles. The predicted octanol–water partition coefficient (Wildman–Crippen LogP) is 2.96. The van der Waals surface area contributed by atoms with Crippen LogP contribution in [0.1, 0.15) is 21.7 Å². The lowest BCUT2D eigenvalue weighted by Crippen LogP contribution is -2.15. The van der Waals surface area contributed by atoms with Crippen molar-refractivity contribution in [3.8, 4) is 28.4 Å². The lowest BCUT2D eigenvalue weighted by atomic mass is 9.97. The molecular formula is C20H22N4O3. The molecule has 0 saturated heterocycles. The van der Waals surface area contributed by atoms with Crippen LogP contribution >= 0.6 is 0 Å². The van der Waals surface area contributed by atoms with Gasteiger partial charge in [-0.1, -0.05) is 12.1 Å². The number of carbonyl (C=O) groups is 1. The Bertz CT molecular complexity index is 979. The molecule has 27 heavy (non-hydrogen) atoms. The normalized spacial score (nSPS) is 11.1. The van der Waals surface area contributed by atoms with Gasteiger partial charge in [-0.3, -0.25) is 0 Å². The summed E-state index contributed by atoms with van der Waals surface area (Å²) in [7, 11) is 3.98. The van der Waals surface area contributed by atoms with Crippen LogP contribution in [-0.2, 0) is 6.42 Å². The molecule has 0 spiro atoms. The molecule has 7 heteroatoms. The SMILES string of the molecule is Cc1c(C(=O)O)cccc1-c1nc(CCN(C)C)[nH]c1-c1ccnc(O)c1. The number of rotatable bonds is 6. The lowest BCUT2D eigenvalue weighted by Gasteiger charge is -2.09. The van der Waals surface area contributed by atoms with Gasteiger partial charge in [-0.15, -0.1) is 0 Å². The molecule has 0 saturated carbocycles. The van der Waals surface area contributed by atoms with E-state index in [9.17, 15) is 15.0 Å². The third-order valence-electron chi connectivity index (χ3n) is 4.40. The number of aromatic nitrogens is 3. The van der Waals surface area contributed by atoms with Gasteiger partial charge < -0.3 is 20.1 Å². The van der Waals surface area contributed by atoms with E-state index in [1.807, 2.05) is 20.2 Å². The van der Waals surface area contributed by atoms with Gasteiger partial charge in [0.15, 0.2) is 0 Å². The molecule has 0 bridgehead atoms. The van der Waals surface area contributed by atoms with Crippen LogP contribution in [0.5, 0.6) is 5.88 Å². The summed E-state index contributed by atoms with van der Waals surface area (Å²) in [5.74, 6) is -0.259. The van der Waals surface area contributed by atoms with Crippen molar-refractivity contribution in [2.45, 2.75) is 13.3 Å². The molecule has 3 N–H and O–H groups in total. The second-order valence-electron chi connectivity index (χ2n) is 6.65. The number of aromatic hydroxyl groups is 1. The molecule has 0 aliphatic heterocycles. The summed E-state index contributed by atoms with van der Waals surface area (Å²) in [6.07, 6.45) is 2.24. The highest BCUT2D eigenvalue weighted by Crippen LogP contribution is 2.34. The fraction of sp³-hybridized carbons (Fsp3) is 0.250. The first-order chi connectivity index (χ1) is 12.9. The molecule has 0 fully saturated rings. The molecule has 1 aromatic carbocycles. The number of benzene rings is 1. The van der Waals surface area contributed by atoms with Gasteiger partial charge in [0.05, 0.1) is 17.0 Å². The van der Waals surface area contributed by atoms with E-state index in [-0.39, 0.29) is 11.4 Å². The minimum absolute atomic E-state index is 0.0844. The highest BCUT2D eigenvalue weighted by Gasteiger charge is 2.19. The minimum Gasteiger partial charge on any atom is -0.493 e. The van der Waals surface area contributed by atoms with E-state index >= 15 is 0 Å². The van der Waals surface area contributed by atoms with Crippen molar-refractivity contribution >= 4 is 5.97 Å². The van der Waals surface area contributed by atoms with Crippen LogP contribution in [0.4, 0.5) is 0 Å². The van der Waals surface area contributed by atoms with E-state index in [0.29, 0.717) is 17.7 Å². The summed E-state index contributed by atoms with van der Waals surface area (Å²) in [5.41, 5.74) is 3.76. The Balaban J connectivity index is 2.16. The maximum Gasteiger partial charge on any atom is 0.335 e. The second kappa shape index (κ2) is 7.59. The van der Waals surface area contributed by atoms with Gasteiger partial charge in [0.25, 0.3) is 0 Å². The van der Waals surface area contributed by atoms with Crippen LogP contribution in [0.2, 0.25) is 0 Å². The number of hydrogen-bond acceptors (Lipinski definition) is 5. The average Bonchev–Trinajstić information content (AvgIpc) is 3.04. The minimum atomic E-state index is -0.971. The highest BCUT2D eigenvalue weighted by atomic mass is 16.4. The van der Waals surface area contributed by atoms with Crippen molar-refractivity contribution in [3.63, 3.8) is 0 Å². The Hall–Kier alpha value is -3.19. The van der Waals surface area contributed by atoms with Gasteiger partial charge in [0.2, 0.25) is 5.88 Å². The van der Waals surface area contributed by atoms with Crippen LogP contribution in [0.3, 0.4) is 0 Å². The molecule has 0 radical (unpaired) electrons. The quantitative estimate of drug-likeness (QED) is 0.620. The topological polar surface area (TPSA) is 102 Å². The number of likely N-dealkylation sites (N-methyl/N-ethyl adjacent to an activating group) is 1. The number of H-pyrrole nitrogens is 1. The molecule has 0 amide bonds. The molecule has 3 aromatic rings. The number of nitrogens with one attached hydrogen (secondary N) is 1. The first-order valence-corrected chi connectivity index (χ1v) is 8.59. The Morgan fingerprint density at radius 2 is 2.04 bits per heavy atom. The Kier molecular flexibility index (Phi) is 5.23.